The summed E-state index contributed by atoms with van der Waals surface area (Å²) in [6, 6.07) is 11.8. The zero-order valence-corrected chi connectivity index (χ0v) is 16.6. The van der Waals surface area contributed by atoms with Crippen LogP contribution in [-0.2, 0) is 16.3 Å². The molecule has 0 aliphatic carbocycles. The van der Waals surface area contributed by atoms with Gasteiger partial charge in [-0.05, 0) is 35.7 Å². The Morgan fingerprint density at radius 1 is 1.20 bits per heavy atom. The van der Waals surface area contributed by atoms with Gasteiger partial charge in [-0.2, -0.15) is 0 Å². The summed E-state index contributed by atoms with van der Waals surface area (Å²) in [5, 5.41) is 8.30. The molecule has 0 saturated carbocycles. The van der Waals surface area contributed by atoms with Gasteiger partial charge in [0.15, 0.2) is 11.5 Å². The highest BCUT2D eigenvalue weighted by Gasteiger charge is 2.18. The van der Waals surface area contributed by atoms with Gasteiger partial charge in [0.25, 0.3) is 5.91 Å². The van der Waals surface area contributed by atoms with Crippen molar-refractivity contribution in [2.24, 2.45) is 5.14 Å². The van der Waals surface area contributed by atoms with Crippen molar-refractivity contribution in [3.8, 4) is 23.1 Å². The van der Waals surface area contributed by atoms with Crippen LogP contribution in [0.5, 0.6) is 23.1 Å². The van der Waals surface area contributed by atoms with E-state index < -0.39 is 15.6 Å². The fourth-order valence-electron chi connectivity index (χ4n) is 2.72. The van der Waals surface area contributed by atoms with Crippen molar-refractivity contribution >= 4 is 21.5 Å². The lowest BCUT2D eigenvalue weighted by Crippen LogP contribution is -2.23. The summed E-state index contributed by atoms with van der Waals surface area (Å²) in [7, 11) is -2.77. The first-order chi connectivity index (χ1) is 14.4. The van der Waals surface area contributed by atoms with E-state index in [0.717, 1.165) is 5.56 Å². The first-order valence-electron chi connectivity index (χ1n) is 8.80. The van der Waals surface area contributed by atoms with E-state index in [2.05, 4.69) is 21.2 Å². The van der Waals surface area contributed by atoms with Crippen LogP contribution in [0.3, 0.4) is 0 Å². The summed E-state index contributed by atoms with van der Waals surface area (Å²) < 4.78 is 28.1. The van der Waals surface area contributed by atoms with Crippen LogP contribution in [0.4, 0.5) is 0 Å². The Kier molecular flexibility index (Phi) is 5.25. The van der Waals surface area contributed by atoms with E-state index in [0.29, 0.717) is 22.1 Å². The highest BCUT2D eigenvalue weighted by Crippen LogP contribution is 2.36. The number of nitrogens with one attached hydrogen (secondary N) is 1. The SMILES string of the molecule is C=S(N)(=O)c1ccc(CNC(=O)c2cncnc2Oc2ccc3c(c2)OCO3)cc1. The topological polar surface area (TPSA) is 126 Å². The number of rotatable bonds is 6. The molecule has 3 N–H and O–H groups in total. The van der Waals surface area contributed by atoms with Crippen LogP contribution in [0.15, 0.2) is 59.9 Å². The average Bonchev–Trinajstić information content (AvgIpc) is 3.20. The third-order valence-electron chi connectivity index (χ3n) is 4.25. The number of amides is 1. The Bertz CT molecular complexity index is 1200. The summed E-state index contributed by atoms with van der Waals surface area (Å²) >= 11 is 0. The molecule has 0 spiro atoms. The summed E-state index contributed by atoms with van der Waals surface area (Å²) in [4.78, 5) is 21.1. The molecule has 1 atom stereocenters. The molecule has 2 heterocycles. The van der Waals surface area contributed by atoms with Crippen LogP contribution in [0.2, 0.25) is 0 Å². The molecule has 10 heteroatoms. The molecule has 1 aliphatic heterocycles. The lowest BCUT2D eigenvalue weighted by atomic mass is 10.2. The molecule has 9 nitrogen and oxygen atoms in total. The largest absolute Gasteiger partial charge is 0.454 e. The number of carbonyl (C=O) groups excluding carboxylic acids is 1. The lowest BCUT2D eigenvalue weighted by Gasteiger charge is -2.11. The lowest BCUT2D eigenvalue weighted by molar-refractivity contribution is 0.0947. The van der Waals surface area contributed by atoms with Crippen LogP contribution < -0.4 is 24.7 Å². The molecule has 2 aromatic carbocycles. The molecule has 1 amide bonds. The number of nitrogens with two attached hydrogens (primary N) is 1. The monoisotopic (exact) mass is 426 g/mol. The molecule has 154 valence electrons. The van der Waals surface area contributed by atoms with Gasteiger partial charge in [0, 0.05) is 23.7 Å². The van der Waals surface area contributed by atoms with Gasteiger partial charge in [-0.15, -0.1) is 0 Å². The summed E-state index contributed by atoms with van der Waals surface area (Å²) in [5.41, 5.74) is 0.973. The molecule has 1 aliphatic rings. The van der Waals surface area contributed by atoms with Crippen molar-refractivity contribution < 1.29 is 23.2 Å². The smallest absolute Gasteiger partial charge is 0.258 e. The summed E-state index contributed by atoms with van der Waals surface area (Å²) in [6.07, 6.45) is 2.67. The van der Waals surface area contributed by atoms with Crippen LogP contribution >= 0.6 is 0 Å². The minimum atomic E-state index is -2.77. The second-order valence-corrected chi connectivity index (χ2v) is 8.34. The van der Waals surface area contributed by atoms with Crippen molar-refractivity contribution in [1.29, 1.82) is 0 Å². The van der Waals surface area contributed by atoms with Crippen LogP contribution in [0, 0.1) is 0 Å². The average molecular weight is 426 g/mol. The van der Waals surface area contributed by atoms with Gasteiger partial charge in [0.05, 0.1) is 9.71 Å². The molecule has 0 bridgehead atoms. The van der Waals surface area contributed by atoms with E-state index >= 15 is 0 Å². The minimum absolute atomic E-state index is 0.108. The third kappa shape index (κ3) is 4.34. The minimum Gasteiger partial charge on any atom is -0.454 e. The van der Waals surface area contributed by atoms with Gasteiger partial charge >= 0.3 is 0 Å². The predicted molar refractivity (Wildman–Crippen MR) is 110 cm³/mol. The molecule has 30 heavy (non-hydrogen) atoms. The predicted octanol–water partition coefficient (Wildman–Crippen LogP) is 1.88. The molecular formula is C20H18N4O5S. The third-order valence-corrected chi connectivity index (χ3v) is 5.32. The summed E-state index contributed by atoms with van der Waals surface area (Å²) in [6.45, 7) is 0.387. The summed E-state index contributed by atoms with van der Waals surface area (Å²) in [5.74, 6) is 4.77. The molecular weight excluding hydrogens is 408 g/mol. The first-order valence-corrected chi connectivity index (χ1v) is 10.6. The fourth-order valence-corrected chi connectivity index (χ4v) is 3.32. The van der Waals surface area contributed by atoms with E-state index in [1.165, 1.54) is 12.5 Å². The molecule has 0 radical (unpaired) electrons. The number of carbonyl (C=O) groups is 1. The zero-order valence-electron chi connectivity index (χ0n) is 15.7. The Hall–Kier alpha value is -3.63. The Labute approximate surface area is 173 Å². The molecule has 1 aromatic heterocycles. The van der Waals surface area contributed by atoms with Crippen molar-refractivity contribution in [2.45, 2.75) is 11.4 Å². The number of aromatic nitrogens is 2. The number of ether oxygens (including phenoxy) is 3. The molecule has 0 fully saturated rings. The van der Waals surface area contributed by atoms with Gasteiger partial charge in [-0.25, -0.2) is 14.2 Å². The number of hydrogen-bond acceptors (Lipinski definition) is 7. The quantitative estimate of drug-likeness (QED) is 0.576. The van der Waals surface area contributed by atoms with Crippen LogP contribution in [-0.4, -0.2) is 32.7 Å². The zero-order chi connectivity index (χ0) is 21.1. The molecule has 3 aromatic rings. The van der Waals surface area contributed by atoms with Crippen molar-refractivity contribution in [1.82, 2.24) is 15.3 Å². The van der Waals surface area contributed by atoms with E-state index in [4.69, 9.17) is 19.3 Å². The fraction of sp³-hybridized carbons (Fsp3) is 0.100. The van der Waals surface area contributed by atoms with Gasteiger partial charge < -0.3 is 19.5 Å². The number of nitrogens with zero attached hydrogens (tertiary/aromatic N) is 2. The van der Waals surface area contributed by atoms with Crippen molar-refractivity contribution in [3.05, 3.63) is 66.1 Å². The van der Waals surface area contributed by atoms with Gasteiger partial charge in [0.2, 0.25) is 12.7 Å². The van der Waals surface area contributed by atoms with E-state index in [9.17, 15) is 9.00 Å². The van der Waals surface area contributed by atoms with E-state index in [-0.39, 0.29) is 24.8 Å². The Morgan fingerprint density at radius 3 is 2.73 bits per heavy atom. The second kappa shape index (κ2) is 8.01. The van der Waals surface area contributed by atoms with Gasteiger partial charge in [-0.1, -0.05) is 12.1 Å². The highest BCUT2D eigenvalue weighted by molar-refractivity contribution is 7.98. The molecule has 4 rings (SSSR count). The maximum Gasteiger partial charge on any atom is 0.258 e. The number of benzene rings is 2. The van der Waals surface area contributed by atoms with Crippen LogP contribution in [0.25, 0.3) is 0 Å². The van der Waals surface area contributed by atoms with Crippen molar-refractivity contribution in [2.75, 3.05) is 6.79 Å². The van der Waals surface area contributed by atoms with E-state index in [1.807, 2.05) is 0 Å². The highest BCUT2D eigenvalue weighted by atomic mass is 32.2. The number of fused-ring (bicyclic) bond motifs is 1. The van der Waals surface area contributed by atoms with E-state index in [1.54, 1.807) is 42.5 Å². The maximum absolute atomic E-state index is 12.7. The maximum atomic E-state index is 12.7. The molecule has 0 saturated heterocycles. The first kappa shape index (κ1) is 19.7. The van der Waals surface area contributed by atoms with Gasteiger partial charge in [0.1, 0.15) is 17.6 Å². The van der Waals surface area contributed by atoms with Crippen LogP contribution in [0.1, 0.15) is 15.9 Å². The Morgan fingerprint density at radius 2 is 1.97 bits per heavy atom. The normalized spacial score (nSPS) is 14.0. The van der Waals surface area contributed by atoms with Crippen molar-refractivity contribution in [3.63, 3.8) is 0 Å². The number of hydrogen-bond donors (Lipinski definition) is 2. The second-order valence-electron chi connectivity index (χ2n) is 6.41. The molecule has 1 unspecified atom stereocenters. The van der Waals surface area contributed by atoms with Gasteiger partial charge in [-0.3, -0.25) is 9.93 Å². The Balaban J connectivity index is 1.46. The standard InChI is InChI=1S/C20H18N4O5S/c1-30(21,26)15-5-2-13(3-6-15)9-23-19(25)16-10-22-11-24-20(16)29-14-4-7-17-18(8-14)28-12-27-17/h2-8,10-11H,1,9,12H2,(H2,21,26)(H,23,25).